The Labute approximate surface area is 156 Å². The first-order valence-electron chi connectivity index (χ1n) is 9.00. The topological polar surface area (TPSA) is 24.7 Å². The van der Waals surface area contributed by atoms with Gasteiger partial charge in [0.05, 0.1) is 12.4 Å². The standard InChI is InChI=1S/C21H22F4N2/c1-2-3-4-5-6-7-15-8-9-17(18(22)10-15)14-27-26-13-16-11-19(23)21(25)20(24)12-16/h8-14H,2-7H2,1H3. The number of benzene rings is 2. The Kier molecular flexibility index (Phi) is 8.17. The van der Waals surface area contributed by atoms with E-state index >= 15 is 0 Å². The molecule has 2 rings (SSSR count). The maximum absolute atomic E-state index is 14.1. The summed E-state index contributed by atoms with van der Waals surface area (Å²) in [5.41, 5.74) is 1.21. The van der Waals surface area contributed by atoms with E-state index in [1.165, 1.54) is 31.5 Å². The summed E-state index contributed by atoms with van der Waals surface area (Å²) in [5, 5.41) is 7.28. The first-order chi connectivity index (χ1) is 13.0. The van der Waals surface area contributed by atoms with E-state index in [2.05, 4.69) is 17.1 Å². The SMILES string of the molecule is CCCCCCCc1ccc(C=NN=Cc2cc(F)c(F)c(F)c2)c(F)c1. The van der Waals surface area contributed by atoms with Crippen LogP contribution in [-0.4, -0.2) is 12.4 Å². The molecule has 0 radical (unpaired) electrons. The summed E-state index contributed by atoms with van der Waals surface area (Å²) in [6.07, 6.45) is 8.89. The Morgan fingerprint density at radius 1 is 0.778 bits per heavy atom. The van der Waals surface area contributed by atoms with Crippen molar-refractivity contribution in [3.8, 4) is 0 Å². The van der Waals surface area contributed by atoms with Crippen LogP contribution in [0.25, 0.3) is 0 Å². The number of hydrogen-bond acceptors (Lipinski definition) is 2. The van der Waals surface area contributed by atoms with Crippen molar-refractivity contribution in [1.82, 2.24) is 0 Å². The molecule has 0 aliphatic heterocycles. The van der Waals surface area contributed by atoms with Crippen LogP contribution < -0.4 is 0 Å². The van der Waals surface area contributed by atoms with Crippen molar-refractivity contribution in [2.45, 2.75) is 45.4 Å². The van der Waals surface area contributed by atoms with E-state index in [9.17, 15) is 17.6 Å². The minimum Gasteiger partial charge on any atom is -0.206 e. The predicted molar refractivity (Wildman–Crippen MR) is 100 cm³/mol. The molecule has 0 amide bonds. The van der Waals surface area contributed by atoms with Crippen LogP contribution in [-0.2, 0) is 6.42 Å². The van der Waals surface area contributed by atoms with Gasteiger partial charge in [-0.15, -0.1) is 0 Å². The Morgan fingerprint density at radius 2 is 1.44 bits per heavy atom. The monoisotopic (exact) mass is 378 g/mol. The molecule has 0 saturated carbocycles. The van der Waals surface area contributed by atoms with E-state index in [1.54, 1.807) is 6.07 Å². The minimum absolute atomic E-state index is 0.0162. The Bertz CT molecular complexity index is 793. The van der Waals surface area contributed by atoms with Crippen LogP contribution in [0.4, 0.5) is 17.6 Å². The van der Waals surface area contributed by atoms with E-state index in [-0.39, 0.29) is 11.1 Å². The van der Waals surface area contributed by atoms with Crippen LogP contribution in [0.5, 0.6) is 0 Å². The number of nitrogens with zero attached hydrogens (tertiary/aromatic N) is 2. The average Bonchev–Trinajstić information content (AvgIpc) is 2.64. The van der Waals surface area contributed by atoms with Gasteiger partial charge in [0.25, 0.3) is 0 Å². The van der Waals surface area contributed by atoms with E-state index < -0.39 is 23.3 Å². The number of rotatable bonds is 9. The van der Waals surface area contributed by atoms with Gasteiger partial charge in [0.15, 0.2) is 17.5 Å². The molecule has 27 heavy (non-hydrogen) atoms. The molecule has 0 fully saturated rings. The van der Waals surface area contributed by atoms with Crippen molar-refractivity contribution in [2.75, 3.05) is 0 Å². The van der Waals surface area contributed by atoms with Crippen LogP contribution in [0.3, 0.4) is 0 Å². The summed E-state index contributed by atoms with van der Waals surface area (Å²) < 4.78 is 53.1. The van der Waals surface area contributed by atoms with Crippen LogP contribution >= 0.6 is 0 Å². The lowest BCUT2D eigenvalue weighted by Gasteiger charge is -2.03. The Morgan fingerprint density at radius 3 is 2.11 bits per heavy atom. The maximum Gasteiger partial charge on any atom is 0.194 e. The second-order valence-electron chi connectivity index (χ2n) is 6.31. The molecule has 6 heteroatoms. The molecule has 0 heterocycles. The van der Waals surface area contributed by atoms with Gasteiger partial charge < -0.3 is 0 Å². The molecule has 0 saturated heterocycles. The molecular formula is C21H22F4N2. The third kappa shape index (κ3) is 6.62. The number of halogens is 4. The molecule has 0 aliphatic rings. The van der Waals surface area contributed by atoms with E-state index in [0.717, 1.165) is 43.2 Å². The number of aryl methyl sites for hydroxylation is 1. The molecule has 2 aromatic carbocycles. The van der Waals surface area contributed by atoms with Crippen LogP contribution in [0.15, 0.2) is 40.5 Å². The lowest BCUT2D eigenvalue weighted by molar-refractivity contribution is 0.447. The normalized spacial score (nSPS) is 11.7. The van der Waals surface area contributed by atoms with Gasteiger partial charge in [0.2, 0.25) is 0 Å². The molecule has 0 aromatic heterocycles. The number of unbranched alkanes of at least 4 members (excludes halogenated alkanes) is 4. The van der Waals surface area contributed by atoms with Gasteiger partial charge in [-0.3, -0.25) is 0 Å². The van der Waals surface area contributed by atoms with Crippen LogP contribution in [0, 0.1) is 23.3 Å². The third-order valence-electron chi connectivity index (χ3n) is 4.11. The summed E-state index contributed by atoms with van der Waals surface area (Å²) in [6, 6.07) is 6.54. The van der Waals surface area contributed by atoms with Gasteiger partial charge in [-0.1, -0.05) is 44.7 Å². The zero-order chi connectivity index (χ0) is 19.6. The predicted octanol–water partition coefficient (Wildman–Crippen LogP) is 6.21. The second kappa shape index (κ2) is 10.6. The van der Waals surface area contributed by atoms with Gasteiger partial charge in [0, 0.05) is 11.1 Å². The molecular weight excluding hydrogens is 356 g/mol. The first kappa shape index (κ1) is 20.8. The first-order valence-corrected chi connectivity index (χ1v) is 9.00. The molecule has 0 unspecified atom stereocenters. The average molecular weight is 378 g/mol. The third-order valence-corrected chi connectivity index (χ3v) is 4.11. The van der Waals surface area contributed by atoms with Crippen molar-refractivity contribution in [1.29, 1.82) is 0 Å². The molecule has 0 bridgehead atoms. The van der Waals surface area contributed by atoms with Gasteiger partial charge in [0.1, 0.15) is 5.82 Å². The highest BCUT2D eigenvalue weighted by Crippen LogP contribution is 2.14. The molecule has 0 N–H and O–H groups in total. The van der Waals surface area contributed by atoms with Crippen LogP contribution in [0.2, 0.25) is 0 Å². The highest BCUT2D eigenvalue weighted by molar-refractivity contribution is 5.82. The summed E-state index contributed by atoms with van der Waals surface area (Å²) in [7, 11) is 0. The zero-order valence-corrected chi connectivity index (χ0v) is 15.2. The summed E-state index contributed by atoms with van der Waals surface area (Å²) in [4.78, 5) is 0. The van der Waals surface area contributed by atoms with Gasteiger partial charge in [-0.2, -0.15) is 10.2 Å². The molecule has 0 atom stereocenters. The highest BCUT2D eigenvalue weighted by atomic mass is 19.2. The smallest absolute Gasteiger partial charge is 0.194 e. The van der Waals surface area contributed by atoms with Crippen LogP contribution in [0.1, 0.15) is 55.7 Å². The molecule has 0 spiro atoms. The summed E-state index contributed by atoms with van der Waals surface area (Å²) in [6.45, 7) is 2.16. The molecule has 0 aliphatic carbocycles. The van der Waals surface area contributed by atoms with Crippen molar-refractivity contribution in [3.63, 3.8) is 0 Å². The number of hydrogen-bond donors (Lipinski definition) is 0. The second-order valence-corrected chi connectivity index (χ2v) is 6.31. The van der Waals surface area contributed by atoms with Gasteiger partial charge in [-0.25, -0.2) is 17.6 Å². The fraction of sp³-hybridized carbons (Fsp3) is 0.333. The molecule has 2 aromatic rings. The highest BCUT2D eigenvalue weighted by Gasteiger charge is 2.09. The lowest BCUT2D eigenvalue weighted by Crippen LogP contribution is -1.94. The van der Waals surface area contributed by atoms with Gasteiger partial charge >= 0.3 is 0 Å². The quantitative estimate of drug-likeness (QED) is 0.163. The van der Waals surface area contributed by atoms with Crippen molar-refractivity contribution in [3.05, 3.63) is 70.3 Å². The fourth-order valence-electron chi connectivity index (χ4n) is 2.61. The molecule has 144 valence electrons. The van der Waals surface area contributed by atoms with Gasteiger partial charge in [-0.05, 0) is 36.6 Å². The van der Waals surface area contributed by atoms with Crippen molar-refractivity contribution < 1.29 is 17.6 Å². The Hall–Kier alpha value is -2.50. The lowest BCUT2D eigenvalue weighted by atomic mass is 10.0. The van der Waals surface area contributed by atoms with Crippen molar-refractivity contribution in [2.24, 2.45) is 10.2 Å². The zero-order valence-electron chi connectivity index (χ0n) is 15.2. The minimum atomic E-state index is -1.54. The van der Waals surface area contributed by atoms with E-state index in [0.29, 0.717) is 0 Å². The van der Waals surface area contributed by atoms with E-state index in [1.807, 2.05) is 6.07 Å². The summed E-state index contributed by atoms with van der Waals surface area (Å²) >= 11 is 0. The fourth-order valence-corrected chi connectivity index (χ4v) is 2.61. The summed E-state index contributed by atoms with van der Waals surface area (Å²) in [5.74, 6) is -4.56. The van der Waals surface area contributed by atoms with Crippen molar-refractivity contribution >= 4 is 12.4 Å². The largest absolute Gasteiger partial charge is 0.206 e. The molecule has 2 nitrogen and oxygen atoms in total. The van der Waals surface area contributed by atoms with E-state index in [4.69, 9.17) is 0 Å². The Balaban J connectivity index is 1.93. The maximum atomic E-state index is 14.1.